The molecular weight excluding hydrogens is 464 g/mol. The molecule has 0 radical (unpaired) electrons. The van der Waals surface area contributed by atoms with Crippen molar-refractivity contribution in [3.63, 3.8) is 0 Å². The van der Waals surface area contributed by atoms with Crippen molar-refractivity contribution >= 4 is 24.0 Å². The molecular formula is C31H42N2O4. The van der Waals surface area contributed by atoms with Crippen molar-refractivity contribution in [1.82, 2.24) is 9.80 Å². The van der Waals surface area contributed by atoms with E-state index in [0.29, 0.717) is 18.7 Å². The average Bonchev–Trinajstić information content (AvgIpc) is 2.88. The Labute approximate surface area is 222 Å². The highest BCUT2D eigenvalue weighted by atomic mass is 16.6. The summed E-state index contributed by atoms with van der Waals surface area (Å²) in [6, 6.07) is 15.7. The number of likely N-dealkylation sites (tertiary alicyclic amines) is 1. The van der Waals surface area contributed by atoms with Gasteiger partial charge in [-0.3, -0.25) is 4.79 Å². The van der Waals surface area contributed by atoms with Gasteiger partial charge in [0.15, 0.2) is 0 Å². The second-order valence-electron chi connectivity index (χ2n) is 10.9. The molecule has 1 fully saturated rings. The first-order valence-corrected chi connectivity index (χ1v) is 13.3. The monoisotopic (exact) mass is 506 g/mol. The van der Waals surface area contributed by atoms with Gasteiger partial charge in [-0.1, -0.05) is 62.4 Å². The third-order valence-corrected chi connectivity index (χ3v) is 6.89. The maximum Gasteiger partial charge on any atom is 0.410 e. The molecule has 6 nitrogen and oxygen atoms in total. The van der Waals surface area contributed by atoms with E-state index in [9.17, 15) is 9.59 Å². The first-order chi connectivity index (χ1) is 17.6. The van der Waals surface area contributed by atoms with E-state index in [1.54, 1.807) is 4.90 Å². The van der Waals surface area contributed by atoms with Crippen LogP contribution in [0, 0.1) is 0 Å². The molecule has 2 aliphatic heterocycles. The number of ether oxygens (including phenoxy) is 2. The minimum absolute atomic E-state index is 0.260. The predicted octanol–water partition coefficient (Wildman–Crippen LogP) is 6.55. The second kappa shape index (κ2) is 12.4. The van der Waals surface area contributed by atoms with E-state index in [4.69, 9.17) is 9.47 Å². The fourth-order valence-corrected chi connectivity index (χ4v) is 4.46. The van der Waals surface area contributed by atoms with Crippen molar-refractivity contribution in [1.29, 1.82) is 0 Å². The van der Waals surface area contributed by atoms with Crippen LogP contribution in [-0.4, -0.2) is 66.6 Å². The highest BCUT2D eigenvalue weighted by Crippen LogP contribution is 2.45. The molecule has 0 bridgehead atoms. The van der Waals surface area contributed by atoms with Crippen LogP contribution in [0.15, 0.2) is 48.5 Å². The second-order valence-corrected chi connectivity index (χ2v) is 10.9. The summed E-state index contributed by atoms with van der Waals surface area (Å²) in [7, 11) is 2.11. The van der Waals surface area contributed by atoms with Gasteiger partial charge < -0.3 is 19.3 Å². The summed E-state index contributed by atoms with van der Waals surface area (Å²) in [5, 5.41) is 0. The summed E-state index contributed by atoms with van der Waals surface area (Å²) in [6.07, 6.45) is 5.06. The number of benzene rings is 2. The zero-order chi connectivity index (χ0) is 27.1. The molecule has 0 N–H and O–H groups in total. The molecule has 37 heavy (non-hydrogen) atoms. The number of carbonyl (C=O) groups excluding carboxylic acids is 2. The number of aldehydes is 1. The maximum absolute atomic E-state index is 12.5. The van der Waals surface area contributed by atoms with Crippen molar-refractivity contribution in [2.45, 2.75) is 65.1 Å². The van der Waals surface area contributed by atoms with Gasteiger partial charge in [0.25, 0.3) is 0 Å². The van der Waals surface area contributed by atoms with E-state index in [1.165, 1.54) is 5.57 Å². The number of rotatable bonds is 4. The Morgan fingerprint density at radius 2 is 1.62 bits per heavy atom. The van der Waals surface area contributed by atoms with E-state index in [-0.39, 0.29) is 11.7 Å². The summed E-state index contributed by atoms with van der Waals surface area (Å²) in [4.78, 5) is 27.5. The van der Waals surface area contributed by atoms with E-state index in [1.807, 2.05) is 63.2 Å². The fourth-order valence-electron chi connectivity index (χ4n) is 4.46. The number of para-hydroxylation sites is 1. The molecule has 0 saturated carbocycles. The van der Waals surface area contributed by atoms with Crippen LogP contribution in [0.5, 0.6) is 5.75 Å². The SMILES string of the molecule is CC(C)(C)OC(=O)N1CCC2(CC1)C/C(=C\c1ccc(C=O)cc1)c1ccccc1O2.CCN(C)CC. The van der Waals surface area contributed by atoms with Gasteiger partial charge in [-0.15, -0.1) is 0 Å². The van der Waals surface area contributed by atoms with Crippen LogP contribution in [0.3, 0.4) is 0 Å². The van der Waals surface area contributed by atoms with Crippen LogP contribution in [0.2, 0.25) is 0 Å². The Morgan fingerprint density at radius 1 is 1.03 bits per heavy atom. The van der Waals surface area contributed by atoms with E-state index in [2.05, 4.69) is 37.9 Å². The van der Waals surface area contributed by atoms with Crippen LogP contribution in [0.1, 0.15) is 75.4 Å². The van der Waals surface area contributed by atoms with E-state index in [0.717, 1.165) is 55.5 Å². The summed E-state index contributed by atoms with van der Waals surface area (Å²) in [5.41, 5.74) is 3.20. The molecule has 0 atom stereocenters. The highest BCUT2D eigenvalue weighted by Gasteiger charge is 2.42. The number of hydrogen-bond donors (Lipinski definition) is 0. The Bertz CT molecular complexity index is 1070. The molecule has 2 heterocycles. The van der Waals surface area contributed by atoms with Gasteiger partial charge in [0.2, 0.25) is 0 Å². The van der Waals surface area contributed by atoms with Crippen LogP contribution >= 0.6 is 0 Å². The third-order valence-electron chi connectivity index (χ3n) is 6.89. The van der Waals surface area contributed by atoms with Gasteiger partial charge in [0.05, 0.1) is 0 Å². The minimum Gasteiger partial charge on any atom is -0.486 e. The van der Waals surface area contributed by atoms with Gasteiger partial charge in [0, 0.05) is 43.5 Å². The lowest BCUT2D eigenvalue weighted by Crippen LogP contribution is -2.51. The zero-order valence-corrected chi connectivity index (χ0v) is 23.3. The number of amides is 1. The third kappa shape index (κ3) is 7.93. The molecule has 6 heteroatoms. The molecule has 1 amide bonds. The summed E-state index contributed by atoms with van der Waals surface area (Å²) >= 11 is 0. The Hall–Kier alpha value is -3.12. The topological polar surface area (TPSA) is 59.1 Å². The molecule has 0 unspecified atom stereocenters. The average molecular weight is 507 g/mol. The van der Waals surface area contributed by atoms with Gasteiger partial charge in [-0.25, -0.2) is 4.79 Å². The van der Waals surface area contributed by atoms with Crippen LogP contribution in [0.25, 0.3) is 11.6 Å². The molecule has 1 saturated heterocycles. The molecule has 4 rings (SSSR count). The maximum atomic E-state index is 12.5. The lowest BCUT2D eigenvalue weighted by atomic mass is 9.80. The van der Waals surface area contributed by atoms with E-state index >= 15 is 0 Å². The Morgan fingerprint density at radius 3 is 2.16 bits per heavy atom. The molecule has 2 aromatic carbocycles. The van der Waals surface area contributed by atoms with Crippen molar-refractivity contribution in [2.24, 2.45) is 0 Å². The van der Waals surface area contributed by atoms with Crippen LogP contribution in [0.4, 0.5) is 4.79 Å². The minimum atomic E-state index is -0.498. The Kier molecular flexibility index (Phi) is 9.55. The largest absolute Gasteiger partial charge is 0.486 e. The smallest absolute Gasteiger partial charge is 0.410 e. The van der Waals surface area contributed by atoms with Gasteiger partial charge >= 0.3 is 6.09 Å². The van der Waals surface area contributed by atoms with Crippen molar-refractivity contribution in [2.75, 3.05) is 33.2 Å². The van der Waals surface area contributed by atoms with Crippen molar-refractivity contribution in [3.05, 3.63) is 65.2 Å². The van der Waals surface area contributed by atoms with Crippen molar-refractivity contribution in [3.8, 4) is 5.75 Å². The van der Waals surface area contributed by atoms with Crippen LogP contribution < -0.4 is 4.74 Å². The first kappa shape index (κ1) is 28.5. The number of piperidine rings is 1. The first-order valence-electron chi connectivity index (χ1n) is 13.3. The highest BCUT2D eigenvalue weighted by molar-refractivity contribution is 5.86. The number of carbonyl (C=O) groups is 2. The summed E-state index contributed by atoms with van der Waals surface area (Å²) in [5.74, 6) is 0.884. The fraction of sp³-hybridized carbons (Fsp3) is 0.484. The lowest BCUT2D eigenvalue weighted by Gasteiger charge is -2.45. The van der Waals surface area contributed by atoms with Gasteiger partial charge in [-0.2, -0.15) is 0 Å². The van der Waals surface area contributed by atoms with E-state index < -0.39 is 5.60 Å². The predicted molar refractivity (Wildman–Crippen MR) is 150 cm³/mol. The molecule has 1 spiro atoms. The zero-order valence-electron chi connectivity index (χ0n) is 23.3. The summed E-state index contributed by atoms with van der Waals surface area (Å²) < 4.78 is 12.1. The summed E-state index contributed by atoms with van der Waals surface area (Å²) in [6.45, 7) is 13.5. The normalized spacial score (nSPS) is 17.5. The van der Waals surface area contributed by atoms with Gasteiger partial charge in [-0.05, 0) is 58.1 Å². The number of fused-ring (bicyclic) bond motifs is 1. The lowest BCUT2D eigenvalue weighted by molar-refractivity contribution is -0.0179. The molecule has 200 valence electrons. The Balaban J connectivity index is 0.000000568. The molecule has 0 aliphatic carbocycles. The molecule has 2 aromatic rings. The van der Waals surface area contributed by atoms with Gasteiger partial charge in [0.1, 0.15) is 23.2 Å². The quantitative estimate of drug-likeness (QED) is 0.440. The number of nitrogens with zero attached hydrogens (tertiary/aromatic N) is 2. The number of hydrogen-bond acceptors (Lipinski definition) is 5. The standard InChI is InChI=1S/C26H29NO4.C5H13N/c1-25(2,3)31-24(29)27-14-12-26(13-15-27)17-21(22-6-4-5-7-23(22)30-26)16-19-8-10-20(18-28)11-9-19;1-4-6(3)5-2/h4-11,16,18H,12-15,17H2,1-3H3;4-5H2,1-3H3/b21-16+;. The van der Waals surface area contributed by atoms with Crippen LogP contribution in [-0.2, 0) is 4.74 Å². The van der Waals surface area contributed by atoms with Crippen molar-refractivity contribution < 1.29 is 19.1 Å². The molecule has 2 aliphatic rings. The molecule has 0 aromatic heterocycles.